The van der Waals surface area contributed by atoms with Gasteiger partial charge in [-0.2, -0.15) is 5.26 Å². The Morgan fingerprint density at radius 2 is 1.81 bits per heavy atom. The van der Waals surface area contributed by atoms with Crippen molar-refractivity contribution in [3.63, 3.8) is 0 Å². The predicted molar refractivity (Wildman–Crippen MR) is 121 cm³/mol. The summed E-state index contributed by atoms with van der Waals surface area (Å²) in [7, 11) is 0. The maximum Gasteiger partial charge on any atom is 0.144 e. The van der Waals surface area contributed by atoms with Gasteiger partial charge in [0.1, 0.15) is 23.3 Å². The van der Waals surface area contributed by atoms with E-state index in [0.717, 1.165) is 68.6 Å². The zero-order valence-electron chi connectivity index (χ0n) is 17.3. The van der Waals surface area contributed by atoms with Crippen molar-refractivity contribution < 1.29 is 4.74 Å². The summed E-state index contributed by atoms with van der Waals surface area (Å²) < 4.78 is 5.42. The van der Waals surface area contributed by atoms with Gasteiger partial charge in [0.2, 0.25) is 0 Å². The van der Waals surface area contributed by atoms with Gasteiger partial charge in [0.05, 0.1) is 24.6 Å². The third-order valence-electron chi connectivity index (χ3n) is 5.99. The molecule has 31 heavy (non-hydrogen) atoms. The summed E-state index contributed by atoms with van der Waals surface area (Å²) in [5.74, 6) is 1.19. The van der Waals surface area contributed by atoms with Gasteiger partial charge in [-0.25, -0.2) is 9.97 Å². The van der Waals surface area contributed by atoms with E-state index in [2.05, 4.69) is 50.1 Å². The van der Waals surface area contributed by atoms with Crippen LogP contribution in [0, 0.1) is 11.3 Å². The maximum atomic E-state index is 9.74. The first-order chi connectivity index (χ1) is 15.2. The number of fused-ring (bicyclic) bond motifs is 1. The number of aromatic nitrogens is 2. The average Bonchev–Trinajstić information content (AvgIpc) is 2.84. The van der Waals surface area contributed by atoms with Crippen molar-refractivity contribution in [2.24, 2.45) is 0 Å². The molecule has 1 aromatic carbocycles. The summed E-state index contributed by atoms with van der Waals surface area (Å²) >= 11 is 0. The first-order valence-corrected chi connectivity index (χ1v) is 10.5. The van der Waals surface area contributed by atoms with Crippen molar-refractivity contribution in [3.05, 3.63) is 65.4 Å². The molecule has 5 rings (SSSR count). The van der Waals surface area contributed by atoms with Crippen molar-refractivity contribution in [3.8, 4) is 17.3 Å². The second kappa shape index (κ2) is 8.25. The highest BCUT2D eigenvalue weighted by molar-refractivity contribution is 5.75. The quantitative estimate of drug-likeness (QED) is 0.707. The van der Waals surface area contributed by atoms with Crippen LogP contribution in [0.5, 0.6) is 0 Å². The number of hydrogen-bond donors (Lipinski definition) is 1. The monoisotopic (exact) mass is 412 g/mol. The molecule has 0 bridgehead atoms. The molecule has 0 aliphatic carbocycles. The highest BCUT2D eigenvalue weighted by Crippen LogP contribution is 2.33. The number of anilines is 3. The van der Waals surface area contributed by atoms with Crippen LogP contribution in [-0.2, 0) is 17.7 Å². The van der Waals surface area contributed by atoms with E-state index in [1.54, 1.807) is 0 Å². The normalized spacial score (nSPS) is 16.0. The minimum Gasteiger partial charge on any atom is -0.383 e. The molecule has 0 radical (unpaired) electrons. The highest BCUT2D eigenvalue weighted by atomic mass is 16.5. The molecule has 0 spiro atoms. The predicted octanol–water partition coefficient (Wildman–Crippen LogP) is 3.00. The lowest BCUT2D eigenvalue weighted by atomic mass is 9.98. The molecule has 7 heteroatoms. The summed E-state index contributed by atoms with van der Waals surface area (Å²) in [4.78, 5) is 13.6. The van der Waals surface area contributed by atoms with Gasteiger partial charge in [-0.3, -0.25) is 0 Å². The zero-order valence-corrected chi connectivity index (χ0v) is 17.3. The van der Waals surface area contributed by atoms with Gasteiger partial charge < -0.3 is 20.3 Å². The Kier molecular flexibility index (Phi) is 5.14. The van der Waals surface area contributed by atoms with Crippen molar-refractivity contribution in [2.45, 2.75) is 13.0 Å². The molecule has 3 aromatic rings. The SMILES string of the molecule is N#Cc1c(N2CCc3ccccc3C2)cc(-c2ccc(N3CCOCC3)nc2)nc1N. The summed E-state index contributed by atoms with van der Waals surface area (Å²) in [6.45, 7) is 4.72. The molecule has 0 atom stereocenters. The molecular weight excluding hydrogens is 388 g/mol. The molecule has 2 N–H and O–H groups in total. The van der Waals surface area contributed by atoms with E-state index in [1.807, 2.05) is 24.4 Å². The number of nitrogens with zero attached hydrogens (tertiary/aromatic N) is 5. The number of morpholine rings is 1. The van der Waals surface area contributed by atoms with Gasteiger partial charge in [-0.05, 0) is 35.7 Å². The molecule has 1 fully saturated rings. The standard InChI is InChI=1S/C24H24N6O/c25-14-20-22(30-8-7-17-3-1-2-4-19(17)16-30)13-21(28-24(20)26)18-5-6-23(27-15-18)29-9-11-31-12-10-29/h1-6,13,15H,7-12,16H2,(H2,26,28). The molecule has 2 aliphatic heterocycles. The lowest BCUT2D eigenvalue weighted by Gasteiger charge is -2.31. The largest absolute Gasteiger partial charge is 0.383 e. The summed E-state index contributed by atoms with van der Waals surface area (Å²) in [6, 6.07) is 16.7. The van der Waals surface area contributed by atoms with Crippen LogP contribution in [0.2, 0.25) is 0 Å². The van der Waals surface area contributed by atoms with Crippen LogP contribution in [0.1, 0.15) is 16.7 Å². The summed E-state index contributed by atoms with van der Waals surface area (Å²) in [5.41, 5.74) is 11.7. The fraction of sp³-hybridized carbons (Fsp3) is 0.292. The first kappa shape index (κ1) is 19.3. The van der Waals surface area contributed by atoms with Crippen molar-refractivity contribution >= 4 is 17.3 Å². The minimum absolute atomic E-state index is 0.256. The van der Waals surface area contributed by atoms with Crippen LogP contribution in [-0.4, -0.2) is 42.8 Å². The van der Waals surface area contributed by atoms with Gasteiger partial charge in [-0.1, -0.05) is 24.3 Å². The van der Waals surface area contributed by atoms with E-state index in [1.165, 1.54) is 11.1 Å². The number of ether oxygens (including phenoxy) is 1. The second-order valence-electron chi connectivity index (χ2n) is 7.84. The Morgan fingerprint density at radius 3 is 2.55 bits per heavy atom. The third kappa shape index (κ3) is 3.78. The van der Waals surface area contributed by atoms with E-state index in [9.17, 15) is 5.26 Å². The van der Waals surface area contributed by atoms with Crippen LogP contribution in [0.15, 0.2) is 48.7 Å². The Balaban J connectivity index is 1.47. The van der Waals surface area contributed by atoms with Crippen molar-refractivity contribution in [1.29, 1.82) is 5.26 Å². The third-order valence-corrected chi connectivity index (χ3v) is 5.99. The minimum atomic E-state index is 0.256. The Bertz CT molecular complexity index is 1130. The molecule has 0 amide bonds. The Labute approximate surface area is 181 Å². The van der Waals surface area contributed by atoms with Crippen LogP contribution >= 0.6 is 0 Å². The van der Waals surface area contributed by atoms with Gasteiger partial charge in [0, 0.05) is 37.9 Å². The molecular formula is C24H24N6O. The van der Waals surface area contributed by atoms with Crippen molar-refractivity contribution in [1.82, 2.24) is 9.97 Å². The van der Waals surface area contributed by atoms with E-state index in [-0.39, 0.29) is 5.82 Å². The first-order valence-electron chi connectivity index (χ1n) is 10.5. The number of benzene rings is 1. The van der Waals surface area contributed by atoms with Gasteiger partial charge in [0.25, 0.3) is 0 Å². The number of nitriles is 1. The van der Waals surface area contributed by atoms with E-state index in [0.29, 0.717) is 5.56 Å². The lowest BCUT2D eigenvalue weighted by molar-refractivity contribution is 0.122. The topological polar surface area (TPSA) is 91.3 Å². The fourth-order valence-corrected chi connectivity index (χ4v) is 4.28. The molecule has 156 valence electrons. The Hall–Kier alpha value is -3.63. The number of pyridine rings is 2. The molecule has 0 saturated carbocycles. The maximum absolute atomic E-state index is 9.74. The summed E-state index contributed by atoms with van der Waals surface area (Å²) in [6.07, 6.45) is 2.77. The van der Waals surface area contributed by atoms with E-state index in [4.69, 9.17) is 10.5 Å². The molecule has 2 aromatic heterocycles. The molecule has 4 heterocycles. The average molecular weight is 412 g/mol. The van der Waals surface area contributed by atoms with E-state index >= 15 is 0 Å². The van der Waals surface area contributed by atoms with Crippen LogP contribution in [0.3, 0.4) is 0 Å². The number of nitrogens with two attached hydrogens (primary N) is 1. The molecule has 1 saturated heterocycles. The summed E-state index contributed by atoms with van der Waals surface area (Å²) in [5, 5.41) is 9.74. The van der Waals surface area contributed by atoms with Crippen molar-refractivity contribution in [2.75, 3.05) is 48.4 Å². The second-order valence-corrected chi connectivity index (χ2v) is 7.84. The molecule has 0 unspecified atom stereocenters. The number of rotatable bonds is 3. The molecule has 2 aliphatic rings. The fourth-order valence-electron chi connectivity index (χ4n) is 4.28. The Morgan fingerprint density at radius 1 is 1.00 bits per heavy atom. The molecule has 7 nitrogen and oxygen atoms in total. The van der Waals surface area contributed by atoms with E-state index < -0.39 is 0 Å². The van der Waals surface area contributed by atoms with Gasteiger partial charge in [-0.15, -0.1) is 0 Å². The van der Waals surface area contributed by atoms with Gasteiger partial charge >= 0.3 is 0 Å². The van der Waals surface area contributed by atoms with Crippen LogP contribution < -0.4 is 15.5 Å². The van der Waals surface area contributed by atoms with Crippen LogP contribution in [0.4, 0.5) is 17.3 Å². The van der Waals surface area contributed by atoms with Gasteiger partial charge in [0.15, 0.2) is 0 Å². The number of hydrogen-bond acceptors (Lipinski definition) is 7. The van der Waals surface area contributed by atoms with Crippen LogP contribution in [0.25, 0.3) is 11.3 Å². The zero-order chi connectivity index (χ0) is 21.2. The highest BCUT2D eigenvalue weighted by Gasteiger charge is 2.22. The number of nitrogen functional groups attached to an aromatic ring is 1. The lowest BCUT2D eigenvalue weighted by Crippen LogP contribution is -2.36. The smallest absolute Gasteiger partial charge is 0.144 e.